The SMILES string of the molecule is CCn1ccnc1[C@@H]1CCCCN1C(=O)[C@@H]1CCOC1. The number of imidazole rings is 1. The van der Waals surface area contributed by atoms with Crippen LogP contribution in [0.3, 0.4) is 0 Å². The lowest BCUT2D eigenvalue weighted by molar-refractivity contribution is -0.139. The maximum Gasteiger partial charge on any atom is 0.228 e. The number of piperidine rings is 1. The molecule has 0 bridgehead atoms. The summed E-state index contributed by atoms with van der Waals surface area (Å²) >= 11 is 0. The first-order valence-corrected chi connectivity index (χ1v) is 7.70. The van der Waals surface area contributed by atoms with Crippen LogP contribution < -0.4 is 0 Å². The van der Waals surface area contributed by atoms with Gasteiger partial charge in [0.05, 0.1) is 18.6 Å². The summed E-state index contributed by atoms with van der Waals surface area (Å²) in [5.74, 6) is 1.36. The summed E-state index contributed by atoms with van der Waals surface area (Å²) in [6.07, 6.45) is 8.01. The Balaban J connectivity index is 1.81. The molecule has 0 aliphatic carbocycles. The van der Waals surface area contributed by atoms with Gasteiger partial charge in [-0.15, -0.1) is 0 Å². The zero-order valence-electron chi connectivity index (χ0n) is 12.1. The summed E-state index contributed by atoms with van der Waals surface area (Å²) in [4.78, 5) is 19.3. The van der Waals surface area contributed by atoms with E-state index < -0.39 is 0 Å². The smallest absolute Gasteiger partial charge is 0.228 e. The summed E-state index contributed by atoms with van der Waals surface area (Å²) in [7, 11) is 0. The Hall–Kier alpha value is -1.36. The van der Waals surface area contributed by atoms with Crippen molar-refractivity contribution in [3.8, 4) is 0 Å². The van der Waals surface area contributed by atoms with E-state index in [2.05, 4.69) is 21.4 Å². The van der Waals surface area contributed by atoms with Crippen LogP contribution in [0.5, 0.6) is 0 Å². The Labute approximate surface area is 119 Å². The minimum absolute atomic E-state index is 0.0561. The number of carbonyl (C=O) groups excluding carboxylic acids is 1. The van der Waals surface area contributed by atoms with E-state index in [4.69, 9.17) is 4.74 Å². The van der Waals surface area contributed by atoms with Crippen molar-refractivity contribution in [1.82, 2.24) is 14.5 Å². The number of aryl methyl sites for hydroxylation is 1. The highest BCUT2D eigenvalue weighted by Crippen LogP contribution is 2.32. The number of aromatic nitrogens is 2. The lowest BCUT2D eigenvalue weighted by Gasteiger charge is -2.36. The second-order valence-corrected chi connectivity index (χ2v) is 5.68. The van der Waals surface area contributed by atoms with Crippen LogP contribution in [0.4, 0.5) is 0 Å². The Morgan fingerprint density at radius 1 is 1.45 bits per heavy atom. The Morgan fingerprint density at radius 2 is 2.35 bits per heavy atom. The number of amides is 1. The maximum atomic E-state index is 12.7. The molecule has 110 valence electrons. The number of carbonyl (C=O) groups is 1. The quantitative estimate of drug-likeness (QED) is 0.849. The molecular formula is C15H23N3O2. The first-order valence-electron chi connectivity index (χ1n) is 7.70. The highest BCUT2D eigenvalue weighted by molar-refractivity contribution is 5.79. The van der Waals surface area contributed by atoms with E-state index in [0.717, 1.165) is 44.8 Å². The fraction of sp³-hybridized carbons (Fsp3) is 0.733. The molecule has 20 heavy (non-hydrogen) atoms. The molecule has 0 spiro atoms. The molecule has 1 amide bonds. The van der Waals surface area contributed by atoms with Crippen LogP contribution in [0.15, 0.2) is 12.4 Å². The lowest BCUT2D eigenvalue weighted by Crippen LogP contribution is -2.43. The fourth-order valence-electron chi connectivity index (χ4n) is 3.31. The number of hydrogen-bond acceptors (Lipinski definition) is 3. The number of likely N-dealkylation sites (tertiary alicyclic amines) is 1. The molecule has 5 heteroatoms. The van der Waals surface area contributed by atoms with E-state index in [1.807, 2.05) is 12.4 Å². The van der Waals surface area contributed by atoms with E-state index in [9.17, 15) is 4.79 Å². The third-order valence-electron chi connectivity index (χ3n) is 4.45. The second-order valence-electron chi connectivity index (χ2n) is 5.68. The van der Waals surface area contributed by atoms with Gasteiger partial charge in [-0.25, -0.2) is 4.98 Å². The van der Waals surface area contributed by atoms with E-state index in [-0.39, 0.29) is 17.9 Å². The molecule has 2 atom stereocenters. The number of rotatable bonds is 3. The predicted octanol–water partition coefficient (Wildman–Crippen LogP) is 1.99. The first-order chi connectivity index (χ1) is 9.81. The van der Waals surface area contributed by atoms with Crippen LogP contribution >= 0.6 is 0 Å². The van der Waals surface area contributed by atoms with Gasteiger partial charge in [-0.3, -0.25) is 4.79 Å². The summed E-state index contributed by atoms with van der Waals surface area (Å²) < 4.78 is 7.53. The average Bonchev–Trinajstić information content (AvgIpc) is 3.17. The molecule has 2 aliphatic rings. The fourth-order valence-corrected chi connectivity index (χ4v) is 3.31. The standard InChI is InChI=1S/C15H23N3O2/c1-2-17-9-7-16-14(17)13-5-3-4-8-18(13)15(19)12-6-10-20-11-12/h7,9,12-13H,2-6,8,10-11H2,1H3/t12-,13+/m1/s1. The third kappa shape index (κ3) is 2.46. The van der Waals surface area contributed by atoms with Crippen LogP contribution in [0.1, 0.15) is 44.5 Å². The third-order valence-corrected chi connectivity index (χ3v) is 4.45. The van der Waals surface area contributed by atoms with Crippen LogP contribution in [-0.4, -0.2) is 40.1 Å². The van der Waals surface area contributed by atoms with Gasteiger partial charge in [-0.05, 0) is 32.6 Å². The second kappa shape index (κ2) is 5.95. The molecule has 0 unspecified atom stereocenters. The molecule has 2 fully saturated rings. The lowest BCUT2D eigenvalue weighted by atomic mass is 9.98. The van der Waals surface area contributed by atoms with Crippen molar-refractivity contribution in [3.63, 3.8) is 0 Å². The molecule has 1 aromatic rings. The van der Waals surface area contributed by atoms with Gasteiger partial charge in [0, 0.05) is 32.1 Å². The van der Waals surface area contributed by atoms with E-state index in [1.54, 1.807) is 0 Å². The molecule has 0 N–H and O–H groups in total. The zero-order chi connectivity index (χ0) is 13.9. The van der Waals surface area contributed by atoms with Crippen molar-refractivity contribution in [2.75, 3.05) is 19.8 Å². The van der Waals surface area contributed by atoms with Crippen molar-refractivity contribution in [1.29, 1.82) is 0 Å². The van der Waals surface area contributed by atoms with E-state index in [1.165, 1.54) is 6.42 Å². The zero-order valence-corrected chi connectivity index (χ0v) is 12.1. The van der Waals surface area contributed by atoms with Gasteiger partial charge in [-0.2, -0.15) is 0 Å². The van der Waals surface area contributed by atoms with Crippen LogP contribution in [0.25, 0.3) is 0 Å². The Morgan fingerprint density at radius 3 is 3.10 bits per heavy atom. The number of hydrogen-bond donors (Lipinski definition) is 0. The van der Waals surface area contributed by atoms with Crippen molar-refractivity contribution in [3.05, 3.63) is 18.2 Å². The van der Waals surface area contributed by atoms with Gasteiger partial charge in [0.15, 0.2) is 0 Å². The summed E-state index contributed by atoms with van der Waals surface area (Å²) in [5.41, 5.74) is 0. The molecule has 2 saturated heterocycles. The van der Waals surface area contributed by atoms with Crippen molar-refractivity contribution in [2.24, 2.45) is 5.92 Å². The van der Waals surface area contributed by atoms with E-state index in [0.29, 0.717) is 6.61 Å². The predicted molar refractivity (Wildman–Crippen MR) is 75.1 cm³/mol. The van der Waals surface area contributed by atoms with Gasteiger partial charge in [0.25, 0.3) is 0 Å². The summed E-state index contributed by atoms with van der Waals surface area (Å²) in [6.45, 7) is 5.19. The molecular weight excluding hydrogens is 254 g/mol. The summed E-state index contributed by atoms with van der Waals surface area (Å²) in [5, 5.41) is 0. The molecule has 5 nitrogen and oxygen atoms in total. The topological polar surface area (TPSA) is 47.4 Å². The largest absolute Gasteiger partial charge is 0.381 e. The molecule has 0 aromatic carbocycles. The molecule has 2 aliphatic heterocycles. The highest BCUT2D eigenvalue weighted by Gasteiger charge is 2.35. The molecule has 0 saturated carbocycles. The van der Waals surface area contributed by atoms with Crippen molar-refractivity contribution in [2.45, 2.75) is 45.2 Å². The van der Waals surface area contributed by atoms with Crippen LogP contribution in [0, 0.1) is 5.92 Å². The maximum absolute atomic E-state index is 12.7. The van der Waals surface area contributed by atoms with Gasteiger partial charge in [0.2, 0.25) is 5.91 Å². The average molecular weight is 277 g/mol. The van der Waals surface area contributed by atoms with Gasteiger partial charge < -0.3 is 14.2 Å². The van der Waals surface area contributed by atoms with Gasteiger partial charge in [-0.1, -0.05) is 0 Å². The van der Waals surface area contributed by atoms with Gasteiger partial charge in [0.1, 0.15) is 5.82 Å². The molecule has 3 rings (SSSR count). The minimum atomic E-state index is 0.0561. The normalized spacial score (nSPS) is 26.9. The Kier molecular flexibility index (Phi) is 4.05. The van der Waals surface area contributed by atoms with Crippen molar-refractivity contribution >= 4 is 5.91 Å². The van der Waals surface area contributed by atoms with Crippen LogP contribution in [0.2, 0.25) is 0 Å². The first kappa shape index (κ1) is 13.6. The molecule has 3 heterocycles. The number of nitrogens with zero attached hydrogens (tertiary/aromatic N) is 3. The van der Waals surface area contributed by atoms with E-state index >= 15 is 0 Å². The monoisotopic (exact) mass is 277 g/mol. The van der Waals surface area contributed by atoms with Gasteiger partial charge >= 0.3 is 0 Å². The summed E-state index contributed by atoms with van der Waals surface area (Å²) in [6, 6.07) is 0.145. The molecule has 1 aromatic heterocycles. The number of ether oxygens (including phenoxy) is 1. The Bertz CT molecular complexity index is 465. The highest BCUT2D eigenvalue weighted by atomic mass is 16.5. The van der Waals surface area contributed by atoms with Crippen LogP contribution in [-0.2, 0) is 16.1 Å². The van der Waals surface area contributed by atoms with Crippen molar-refractivity contribution < 1.29 is 9.53 Å². The molecule has 0 radical (unpaired) electrons. The minimum Gasteiger partial charge on any atom is -0.381 e.